The van der Waals surface area contributed by atoms with Gasteiger partial charge in [0.15, 0.2) is 0 Å². The lowest BCUT2D eigenvalue weighted by Crippen LogP contribution is -2.22. The summed E-state index contributed by atoms with van der Waals surface area (Å²) < 4.78 is 0. The number of hydrogen-bond donors (Lipinski definition) is 1. The van der Waals surface area contributed by atoms with Gasteiger partial charge in [-0.1, -0.05) is 6.92 Å². The molecule has 0 saturated carbocycles. The van der Waals surface area contributed by atoms with Crippen LogP contribution in [0.1, 0.15) is 13.3 Å². The second kappa shape index (κ2) is 2.46. The second-order valence-electron chi connectivity index (χ2n) is 2.15. The molecule has 8 heavy (non-hydrogen) atoms. The van der Waals surface area contributed by atoms with Crippen molar-refractivity contribution in [1.82, 2.24) is 10.2 Å². The SMILES string of the molecule is CC[C]1NCCN1C. The summed E-state index contributed by atoms with van der Waals surface area (Å²) in [6, 6.07) is 0. The highest BCUT2D eigenvalue weighted by atomic mass is 15.3. The van der Waals surface area contributed by atoms with Gasteiger partial charge < -0.3 is 0 Å². The van der Waals surface area contributed by atoms with Gasteiger partial charge in [-0.25, -0.2) is 0 Å². The first kappa shape index (κ1) is 6.05. The molecule has 1 aliphatic heterocycles. The van der Waals surface area contributed by atoms with E-state index in [1.165, 1.54) is 12.7 Å². The highest BCUT2D eigenvalue weighted by molar-refractivity contribution is 4.89. The normalized spacial score (nSPS) is 24.8. The Morgan fingerprint density at radius 2 is 2.50 bits per heavy atom. The van der Waals surface area contributed by atoms with Crippen molar-refractivity contribution in [2.75, 3.05) is 20.1 Å². The summed E-state index contributed by atoms with van der Waals surface area (Å²) in [5.41, 5.74) is 0. The molecule has 2 nitrogen and oxygen atoms in total. The van der Waals surface area contributed by atoms with Gasteiger partial charge in [-0.05, 0) is 13.5 Å². The van der Waals surface area contributed by atoms with Crippen molar-refractivity contribution in [2.24, 2.45) is 0 Å². The summed E-state index contributed by atoms with van der Waals surface area (Å²) >= 11 is 0. The lowest BCUT2D eigenvalue weighted by molar-refractivity contribution is 0.392. The van der Waals surface area contributed by atoms with E-state index >= 15 is 0 Å². The zero-order chi connectivity index (χ0) is 5.98. The maximum Gasteiger partial charge on any atom is 0.103 e. The van der Waals surface area contributed by atoms with Crippen LogP contribution < -0.4 is 5.32 Å². The fourth-order valence-electron chi connectivity index (χ4n) is 1.03. The number of hydrogen-bond acceptors (Lipinski definition) is 2. The minimum absolute atomic E-state index is 1.12. The van der Waals surface area contributed by atoms with Crippen molar-refractivity contribution in [1.29, 1.82) is 0 Å². The van der Waals surface area contributed by atoms with E-state index in [-0.39, 0.29) is 0 Å². The fraction of sp³-hybridized carbons (Fsp3) is 0.833. The van der Waals surface area contributed by atoms with Gasteiger partial charge in [0.1, 0.15) is 6.17 Å². The van der Waals surface area contributed by atoms with Crippen molar-refractivity contribution in [3.63, 3.8) is 0 Å². The van der Waals surface area contributed by atoms with Crippen molar-refractivity contribution >= 4 is 0 Å². The Balaban J connectivity index is 2.30. The summed E-state index contributed by atoms with van der Waals surface area (Å²) in [6.07, 6.45) is 2.52. The van der Waals surface area contributed by atoms with E-state index in [1.54, 1.807) is 0 Å². The Labute approximate surface area is 50.9 Å². The molecule has 2 heteroatoms. The Morgan fingerprint density at radius 1 is 1.75 bits per heavy atom. The number of rotatable bonds is 1. The molecule has 0 amide bonds. The molecule has 0 unspecified atom stereocenters. The molecule has 0 aromatic carbocycles. The average molecular weight is 113 g/mol. The Kier molecular flexibility index (Phi) is 1.86. The maximum atomic E-state index is 3.30. The molecular formula is C6H13N2. The lowest BCUT2D eigenvalue weighted by Gasteiger charge is -2.14. The van der Waals surface area contributed by atoms with E-state index in [4.69, 9.17) is 0 Å². The molecule has 0 spiro atoms. The van der Waals surface area contributed by atoms with E-state index < -0.39 is 0 Å². The smallest absolute Gasteiger partial charge is 0.103 e. The Hall–Kier alpha value is -0.0800. The quantitative estimate of drug-likeness (QED) is 0.530. The van der Waals surface area contributed by atoms with Crippen molar-refractivity contribution in [2.45, 2.75) is 13.3 Å². The van der Waals surface area contributed by atoms with Gasteiger partial charge in [0, 0.05) is 13.1 Å². The van der Waals surface area contributed by atoms with Gasteiger partial charge in [0.2, 0.25) is 0 Å². The third-order valence-corrected chi connectivity index (χ3v) is 1.57. The van der Waals surface area contributed by atoms with Crippen LogP contribution >= 0.6 is 0 Å². The first-order chi connectivity index (χ1) is 3.84. The van der Waals surface area contributed by atoms with Crippen LogP contribution in [0.2, 0.25) is 0 Å². The zero-order valence-electron chi connectivity index (χ0n) is 5.57. The number of nitrogens with one attached hydrogen (secondary N) is 1. The lowest BCUT2D eigenvalue weighted by atomic mass is 10.4. The van der Waals surface area contributed by atoms with Crippen LogP contribution in [0.5, 0.6) is 0 Å². The molecular weight excluding hydrogens is 100 g/mol. The molecule has 0 aromatic heterocycles. The molecule has 1 N–H and O–H groups in total. The van der Waals surface area contributed by atoms with Gasteiger partial charge in [-0.2, -0.15) is 0 Å². The predicted molar refractivity (Wildman–Crippen MR) is 34.2 cm³/mol. The predicted octanol–water partition coefficient (Wildman–Crippen LogP) is 0.421. The van der Waals surface area contributed by atoms with Crippen LogP contribution in [0.25, 0.3) is 0 Å². The van der Waals surface area contributed by atoms with Crippen molar-refractivity contribution in [3.05, 3.63) is 6.17 Å². The van der Waals surface area contributed by atoms with Crippen molar-refractivity contribution in [3.8, 4) is 0 Å². The summed E-state index contributed by atoms with van der Waals surface area (Å²) in [6.45, 7) is 4.47. The Bertz CT molecular complexity index is 72.9. The Morgan fingerprint density at radius 3 is 2.75 bits per heavy atom. The van der Waals surface area contributed by atoms with Crippen LogP contribution in [0, 0.1) is 6.17 Å². The molecule has 0 aromatic rings. The monoisotopic (exact) mass is 113 g/mol. The maximum absolute atomic E-state index is 3.30. The van der Waals surface area contributed by atoms with Crippen LogP contribution in [0.4, 0.5) is 0 Å². The van der Waals surface area contributed by atoms with Gasteiger partial charge >= 0.3 is 0 Å². The summed E-state index contributed by atoms with van der Waals surface area (Å²) in [5.74, 6) is 0. The van der Waals surface area contributed by atoms with Gasteiger partial charge in [-0.15, -0.1) is 0 Å². The number of likely N-dealkylation sites (N-methyl/N-ethyl adjacent to an activating group) is 1. The van der Waals surface area contributed by atoms with Crippen LogP contribution in [-0.4, -0.2) is 25.0 Å². The molecule has 0 atom stereocenters. The number of nitrogens with zero attached hydrogens (tertiary/aromatic N) is 1. The van der Waals surface area contributed by atoms with E-state index in [0.29, 0.717) is 0 Å². The van der Waals surface area contributed by atoms with Crippen LogP contribution in [0.15, 0.2) is 0 Å². The largest absolute Gasteiger partial charge is 0.295 e. The standard InChI is InChI=1S/C6H13N2/c1-3-6-7-4-5-8(6)2/h7H,3-5H2,1-2H3. The summed E-state index contributed by atoms with van der Waals surface area (Å²) in [7, 11) is 2.12. The third-order valence-electron chi connectivity index (χ3n) is 1.57. The second-order valence-corrected chi connectivity index (χ2v) is 2.15. The first-order valence-electron chi connectivity index (χ1n) is 3.15. The summed E-state index contributed by atoms with van der Waals surface area (Å²) in [5, 5.41) is 3.30. The average Bonchev–Trinajstić information content (AvgIpc) is 2.14. The van der Waals surface area contributed by atoms with E-state index in [0.717, 1.165) is 13.0 Å². The third kappa shape index (κ3) is 1.01. The van der Waals surface area contributed by atoms with E-state index in [2.05, 4.69) is 24.2 Å². The summed E-state index contributed by atoms with van der Waals surface area (Å²) in [4.78, 5) is 2.26. The molecule has 1 fully saturated rings. The highest BCUT2D eigenvalue weighted by Crippen LogP contribution is 2.09. The minimum atomic E-state index is 1.12. The van der Waals surface area contributed by atoms with Crippen LogP contribution in [-0.2, 0) is 0 Å². The molecule has 1 radical (unpaired) electrons. The molecule has 1 heterocycles. The van der Waals surface area contributed by atoms with E-state index in [9.17, 15) is 0 Å². The topological polar surface area (TPSA) is 15.3 Å². The fourth-order valence-corrected chi connectivity index (χ4v) is 1.03. The van der Waals surface area contributed by atoms with Crippen molar-refractivity contribution < 1.29 is 0 Å². The molecule has 1 rings (SSSR count). The van der Waals surface area contributed by atoms with Gasteiger partial charge in [0.25, 0.3) is 0 Å². The molecule has 1 aliphatic rings. The first-order valence-corrected chi connectivity index (χ1v) is 3.15. The minimum Gasteiger partial charge on any atom is -0.295 e. The highest BCUT2D eigenvalue weighted by Gasteiger charge is 2.17. The van der Waals surface area contributed by atoms with Gasteiger partial charge in [-0.3, -0.25) is 10.2 Å². The zero-order valence-corrected chi connectivity index (χ0v) is 5.57. The van der Waals surface area contributed by atoms with Gasteiger partial charge in [0.05, 0.1) is 0 Å². The molecule has 1 saturated heterocycles. The molecule has 0 bridgehead atoms. The van der Waals surface area contributed by atoms with E-state index in [1.807, 2.05) is 0 Å². The molecule has 47 valence electrons. The molecule has 0 aliphatic carbocycles. The van der Waals surface area contributed by atoms with Crippen LogP contribution in [0.3, 0.4) is 0 Å².